The third-order valence-corrected chi connectivity index (χ3v) is 4.66. The molecular weight excluding hydrogens is 194 g/mol. The summed E-state index contributed by atoms with van der Waals surface area (Å²) in [6.45, 7) is 2.33. The molecule has 2 aliphatic rings. The Morgan fingerprint density at radius 1 is 1.31 bits per heavy atom. The molecule has 3 unspecified atom stereocenters. The van der Waals surface area contributed by atoms with Crippen LogP contribution in [0.1, 0.15) is 64.7 Å². The first kappa shape index (κ1) is 12.2. The van der Waals surface area contributed by atoms with Gasteiger partial charge in [0.1, 0.15) is 0 Å². The molecule has 0 aromatic carbocycles. The summed E-state index contributed by atoms with van der Waals surface area (Å²) >= 11 is 0. The van der Waals surface area contributed by atoms with Gasteiger partial charge in [0.2, 0.25) is 0 Å². The predicted octanol–water partition coefficient (Wildman–Crippen LogP) is 4.03. The highest BCUT2D eigenvalue weighted by Crippen LogP contribution is 2.35. The Hall–Kier alpha value is -0.300. The number of rotatable bonds is 3. The van der Waals surface area contributed by atoms with Crippen LogP contribution in [0, 0.1) is 11.8 Å². The second-order valence-electron chi connectivity index (χ2n) is 5.75. The number of nitrogens with two attached hydrogens (primary N) is 1. The van der Waals surface area contributed by atoms with Crippen molar-refractivity contribution in [3.8, 4) is 0 Å². The summed E-state index contributed by atoms with van der Waals surface area (Å²) in [6, 6.07) is 0.384. The molecule has 0 spiro atoms. The fraction of sp³-hybridized carbons (Fsp3) is 0.867. The Balaban J connectivity index is 1.92. The van der Waals surface area contributed by atoms with E-state index in [4.69, 9.17) is 5.73 Å². The van der Waals surface area contributed by atoms with Crippen LogP contribution in [0.2, 0.25) is 0 Å². The molecule has 0 heterocycles. The molecule has 2 aliphatic carbocycles. The molecule has 0 amide bonds. The first-order valence-corrected chi connectivity index (χ1v) is 7.25. The van der Waals surface area contributed by atoms with Crippen LogP contribution in [-0.4, -0.2) is 6.04 Å². The van der Waals surface area contributed by atoms with Gasteiger partial charge in [0.15, 0.2) is 0 Å². The summed E-state index contributed by atoms with van der Waals surface area (Å²) in [4.78, 5) is 0. The van der Waals surface area contributed by atoms with E-state index in [-0.39, 0.29) is 0 Å². The molecule has 1 heteroatoms. The number of allylic oxidation sites excluding steroid dienone is 1. The van der Waals surface area contributed by atoms with E-state index in [0.717, 1.165) is 11.8 Å². The lowest BCUT2D eigenvalue weighted by Gasteiger charge is -2.34. The van der Waals surface area contributed by atoms with Gasteiger partial charge >= 0.3 is 0 Å². The van der Waals surface area contributed by atoms with Crippen molar-refractivity contribution in [1.29, 1.82) is 0 Å². The summed E-state index contributed by atoms with van der Waals surface area (Å²) in [7, 11) is 0. The van der Waals surface area contributed by atoms with Gasteiger partial charge in [-0.15, -0.1) is 0 Å². The minimum Gasteiger partial charge on any atom is -0.324 e. The molecule has 0 aliphatic heterocycles. The van der Waals surface area contributed by atoms with Crippen LogP contribution in [0.25, 0.3) is 0 Å². The topological polar surface area (TPSA) is 26.0 Å². The van der Waals surface area contributed by atoms with E-state index < -0.39 is 0 Å². The Morgan fingerprint density at radius 3 is 2.88 bits per heavy atom. The lowest BCUT2D eigenvalue weighted by atomic mass is 9.74. The van der Waals surface area contributed by atoms with E-state index >= 15 is 0 Å². The Kier molecular flexibility index (Phi) is 4.45. The molecule has 1 nitrogen and oxygen atoms in total. The van der Waals surface area contributed by atoms with Crippen LogP contribution >= 0.6 is 0 Å². The number of hydrogen-bond acceptors (Lipinski definition) is 1. The predicted molar refractivity (Wildman–Crippen MR) is 70.3 cm³/mol. The van der Waals surface area contributed by atoms with Gasteiger partial charge in [-0.3, -0.25) is 0 Å². The van der Waals surface area contributed by atoms with Crippen molar-refractivity contribution in [2.45, 2.75) is 70.8 Å². The first-order chi connectivity index (χ1) is 7.81. The summed E-state index contributed by atoms with van der Waals surface area (Å²) < 4.78 is 0. The van der Waals surface area contributed by atoms with E-state index in [1.165, 1.54) is 57.8 Å². The van der Waals surface area contributed by atoms with Crippen molar-refractivity contribution in [3.63, 3.8) is 0 Å². The van der Waals surface area contributed by atoms with Gasteiger partial charge in [-0.1, -0.05) is 37.8 Å². The maximum Gasteiger partial charge on any atom is 0.0282 e. The molecular formula is C15H27N. The lowest BCUT2D eigenvalue weighted by molar-refractivity contribution is 0.239. The molecule has 92 valence electrons. The summed E-state index contributed by atoms with van der Waals surface area (Å²) in [5.74, 6) is 1.73. The average molecular weight is 221 g/mol. The zero-order valence-electron chi connectivity index (χ0n) is 10.8. The lowest BCUT2D eigenvalue weighted by Crippen LogP contribution is -2.35. The summed E-state index contributed by atoms with van der Waals surface area (Å²) in [5.41, 5.74) is 8.05. The first-order valence-electron chi connectivity index (χ1n) is 7.25. The molecule has 0 saturated heterocycles. The van der Waals surface area contributed by atoms with Gasteiger partial charge in [0, 0.05) is 6.04 Å². The van der Waals surface area contributed by atoms with Crippen LogP contribution in [0.15, 0.2) is 11.6 Å². The van der Waals surface area contributed by atoms with Gasteiger partial charge in [-0.05, 0) is 50.4 Å². The van der Waals surface area contributed by atoms with Gasteiger partial charge in [0.05, 0.1) is 0 Å². The quantitative estimate of drug-likeness (QED) is 0.715. The van der Waals surface area contributed by atoms with E-state index in [2.05, 4.69) is 13.0 Å². The molecule has 0 aromatic heterocycles. The second kappa shape index (κ2) is 5.86. The standard InChI is InChI=1S/C15H27N/c1-2-12-7-6-10-14(11-12)15(16)13-8-4-3-5-9-13/h8,12,14-15H,2-7,9-11,16H2,1H3. The van der Waals surface area contributed by atoms with Gasteiger partial charge in [-0.2, -0.15) is 0 Å². The molecule has 1 fully saturated rings. The van der Waals surface area contributed by atoms with Crippen LogP contribution in [-0.2, 0) is 0 Å². The minimum atomic E-state index is 0.384. The minimum absolute atomic E-state index is 0.384. The zero-order chi connectivity index (χ0) is 11.4. The van der Waals surface area contributed by atoms with Gasteiger partial charge in [-0.25, -0.2) is 0 Å². The average Bonchev–Trinajstić information content (AvgIpc) is 2.39. The van der Waals surface area contributed by atoms with Crippen LogP contribution < -0.4 is 5.73 Å². The molecule has 16 heavy (non-hydrogen) atoms. The highest BCUT2D eigenvalue weighted by molar-refractivity contribution is 5.14. The van der Waals surface area contributed by atoms with Crippen molar-refractivity contribution in [2.75, 3.05) is 0 Å². The second-order valence-corrected chi connectivity index (χ2v) is 5.75. The third kappa shape index (κ3) is 2.88. The zero-order valence-corrected chi connectivity index (χ0v) is 10.8. The van der Waals surface area contributed by atoms with E-state index in [1.54, 1.807) is 5.57 Å². The normalized spacial score (nSPS) is 33.2. The van der Waals surface area contributed by atoms with Crippen molar-refractivity contribution < 1.29 is 0 Å². The van der Waals surface area contributed by atoms with Crippen molar-refractivity contribution in [3.05, 3.63) is 11.6 Å². The van der Waals surface area contributed by atoms with Crippen LogP contribution in [0.3, 0.4) is 0 Å². The van der Waals surface area contributed by atoms with Crippen molar-refractivity contribution >= 4 is 0 Å². The molecule has 2 N–H and O–H groups in total. The summed E-state index contributed by atoms with van der Waals surface area (Å²) in [5, 5.41) is 0. The molecule has 0 bridgehead atoms. The molecule has 0 radical (unpaired) electrons. The number of hydrogen-bond donors (Lipinski definition) is 1. The van der Waals surface area contributed by atoms with Crippen molar-refractivity contribution in [1.82, 2.24) is 0 Å². The van der Waals surface area contributed by atoms with E-state index in [0.29, 0.717) is 6.04 Å². The largest absolute Gasteiger partial charge is 0.324 e. The Morgan fingerprint density at radius 2 is 2.19 bits per heavy atom. The monoisotopic (exact) mass is 221 g/mol. The van der Waals surface area contributed by atoms with Gasteiger partial charge in [0.25, 0.3) is 0 Å². The highest BCUT2D eigenvalue weighted by atomic mass is 14.7. The SMILES string of the molecule is CCC1CCCC(C(N)C2=CCCCC2)C1. The highest BCUT2D eigenvalue weighted by Gasteiger charge is 2.27. The van der Waals surface area contributed by atoms with E-state index in [9.17, 15) is 0 Å². The van der Waals surface area contributed by atoms with Gasteiger partial charge < -0.3 is 5.73 Å². The van der Waals surface area contributed by atoms with Crippen molar-refractivity contribution in [2.24, 2.45) is 17.6 Å². The fourth-order valence-electron chi connectivity index (χ4n) is 3.50. The Labute approximate surface area is 100 Å². The van der Waals surface area contributed by atoms with Crippen LogP contribution in [0.4, 0.5) is 0 Å². The molecule has 2 rings (SSSR count). The fourth-order valence-corrected chi connectivity index (χ4v) is 3.50. The molecule has 1 saturated carbocycles. The van der Waals surface area contributed by atoms with E-state index in [1.807, 2.05) is 0 Å². The smallest absolute Gasteiger partial charge is 0.0282 e. The maximum absolute atomic E-state index is 6.47. The molecule has 3 atom stereocenters. The molecule has 0 aromatic rings. The summed E-state index contributed by atoms with van der Waals surface area (Å²) in [6.07, 6.45) is 14.7. The van der Waals surface area contributed by atoms with Crippen LogP contribution in [0.5, 0.6) is 0 Å². The third-order valence-electron chi connectivity index (χ3n) is 4.66. The maximum atomic E-state index is 6.47. The Bertz CT molecular complexity index is 244.